The van der Waals surface area contributed by atoms with Gasteiger partial charge in [0.1, 0.15) is 5.82 Å². The molecule has 1 aromatic carbocycles. The highest BCUT2D eigenvalue weighted by atomic mass is 35.5. The summed E-state index contributed by atoms with van der Waals surface area (Å²) in [5.74, 6) is -0.691. The van der Waals surface area contributed by atoms with Crippen molar-refractivity contribution in [3.63, 3.8) is 0 Å². The summed E-state index contributed by atoms with van der Waals surface area (Å²) < 4.78 is 39.6. The zero-order valence-electron chi connectivity index (χ0n) is 10.0. The number of rotatable bonds is 5. The number of aromatic nitrogens is 2. The zero-order valence-corrected chi connectivity index (χ0v) is 11.6. The molecule has 2 aromatic rings. The molecule has 2 rings (SSSR count). The molecule has 3 N–H and O–H groups in total. The highest BCUT2D eigenvalue weighted by Gasteiger charge is 2.22. The zero-order chi connectivity index (χ0) is 14.8. The van der Waals surface area contributed by atoms with E-state index in [0.29, 0.717) is 0 Å². The first kappa shape index (κ1) is 14.9. The number of sulfonamides is 1. The van der Waals surface area contributed by atoms with Crippen molar-refractivity contribution >= 4 is 21.6 Å². The number of halogens is 2. The van der Waals surface area contributed by atoms with Crippen LogP contribution in [0.25, 0.3) is 0 Å². The third-order valence-corrected chi connectivity index (χ3v) is 4.29. The van der Waals surface area contributed by atoms with Crippen LogP contribution in [0.4, 0.5) is 4.39 Å². The molecular formula is C11H11ClFN3O3S. The van der Waals surface area contributed by atoms with E-state index in [1.165, 1.54) is 18.5 Å². The van der Waals surface area contributed by atoms with E-state index in [9.17, 15) is 17.9 Å². The predicted octanol–water partition coefficient (Wildman–Crippen LogP) is 1.21. The molecule has 1 unspecified atom stereocenters. The van der Waals surface area contributed by atoms with Crippen LogP contribution in [0.2, 0.25) is 5.02 Å². The molecule has 9 heteroatoms. The van der Waals surface area contributed by atoms with Crippen LogP contribution in [0.3, 0.4) is 0 Å². The predicted molar refractivity (Wildman–Crippen MR) is 70.1 cm³/mol. The van der Waals surface area contributed by atoms with Gasteiger partial charge in [-0.15, -0.1) is 0 Å². The Balaban J connectivity index is 2.27. The molecule has 108 valence electrons. The van der Waals surface area contributed by atoms with Gasteiger partial charge in [0.05, 0.1) is 30.2 Å². The average Bonchev–Trinajstić information content (AvgIpc) is 2.94. The first-order chi connectivity index (χ1) is 9.44. The third kappa shape index (κ3) is 3.15. The number of nitrogens with one attached hydrogen (secondary N) is 2. The fourth-order valence-electron chi connectivity index (χ4n) is 1.58. The molecule has 1 heterocycles. The summed E-state index contributed by atoms with van der Waals surface area (Å²) in [5, 5.41) is 9.06. The van der Waals surface area contributed by atoms with Gasteiger partial charge in [-0.3, -0.25) is 0 Å². The van der Waals surface area contributed by atoms with Crippen molar-refractivity contribution in [1.82, 2.24) is 14.7 Å². The lowest BCUT2D eigenvalue weighted by Gasteiger charge is -2.16. The van der Waals surface area contributed by atoms with Gasteiger partial charge in [-0.25, -0.2) is 22.5 Å². The number of H-pyrrole nitrogens is 1. The molecule has 0 aliphatic heterocycles. The largest absolute Gasteiger partial charge is 0.394 e. The highest BCUT2D eigenvalue weighted by Crippen LogP contribution is 2.21. The van der Waals surface area contributed by atoms with Crippen LogP contribution >= 0.6 is 11.6 Å². The summed E-state index contributed by atoms with van der Waals surface area (Å²) in [6.45, 7) is -0.533. The minimum absolute atomic E-state index is 0.0816. The van der Waals surface area contributed by atoms with Gasteiger partial charge in [0.25, 0.3) is 10.0 Å². The van der Waals surface area contributed by atoms with Gasteiger partial charge in [0, 0.05) is 0 Å². The maximum Gasteiger partial charge on any atom is 0.258 e. The van der Waals surface area contributed by atoms with Crippen LogP contribution in [-0.2, 0) is 10.0 Å². The van der Waals surface area contributed by atoms with E-state index in [1.54, 1.807) is 0 Å². The molecule has 0 fully saturated rings. The van der Waals surface area contributed by atoms with E-state index in [0.717, 1.165) is 12.3 Å². The van der Waals surface area contributed by atoms with Crippen molar-refractivity contribution in [3.8, 4) is 0 Å². The van der Waals surface area contributed by atoms with Crippen molar-refractivity contribution in [2.24, 2.45) is 0 Å². The standard InChI is InChI=1S/C11H11ClFN3O3S/c12-8-2-1-7(3-9(8)13)10(5-17)16-20(18,19)11-4-14-6-15-11/h1-4,6,10,16-17H,5H2,(H,14,15). The van der Waals surface area contributed by atoms with Gasteiger partial charge < -0.3 is 10.1 Å². The van der Waals surface area contributed by atoms with Crippen molar-refractivity contribution in [2.75, 3.05) is 6.61 Å². The van der Waals surface area contributed by atoms with Crippen LogP contribution in [-0.4, -0.2) is 30.1 Å². The first-order valence-electron chi connectivity index (χ1n) is 5.50. The summed E-state index contributed by atoms with van der Waals surface area (Å²) in [6.07, 6.45) is 2.34. The Morgan fingerprint density at radius 1 is 1.50 bits per heavy atom. The molecule has 0 aliphatic rings. The topological polar surface area (TPSA) is 95.1 Å². The molecule has 0 radical (unpaired) electrons. The Hall–Kier alpha value is -1.48. The van der Waals surface area contributed by atoms with E-state index in [2.05, 4.69) is 14.7 Å². The SMILES string of the molecule is O=S(=O)(NC(CO)c1ccc(Cl)c(F)c1)c1cnc[nH]1. The number of benzene rings is 1. The molecule has 0 saturated carbocycles. The van der Waals surface area contributed by atoms with Crippen LogP contribution in [0.15, 0.2) is 35.7 Å². The third-order valence-electron chi connectivity index (χ3n) is 2.59. The molecule has 0 amide bonds. The van der Waals surface area contributed by atoms with Gasteiger partial charge in [-0.2, -0.15) is 0 Å². The molecule has 0 bridgehead atoms. The lowest BCUT2D eigenvalue weighted by Crippen LogP contribution is -2.31. The minimum Gasteiger partial charge on any atom is -0.394 e. The second-order valence-corrected chi connectivity index (χ2v) is 6.04. The monoisotopic (exact) mass is 319 g/mol. The minimum atomic E-state index is -3.88. The number of aliphatic hydroxyl groups is 1. The maximum atomic E-state index is 13.4. The fraction of sp³-hybridized carbons (Fsp3) is 0.182. The molecule has 20 heavy (non-hydrogen) atoms. The Morgan fingerprint density at radius 2 is 2.25 bits per heavy atom. The van der Waals surface area contributed by atoms with E-state index >= 15 is 0 Å². The van der Waals surface area contributed by atoms with Gasteiger partial charge in [-0.05, 0) is 17.7 Å². The molecular weight excluding hydrogens is 309 g/mol. The molecule has 0 aliphatic carbocycles. The Bertz CT molecular complexity index is 691. The summed E-state index contributed by atoms with van der Waals surface area (Å²) in [5.41, 5.74) is 0.262. The Morgan fingerprint density at radius 3 is 2.80 bits per heavy atom. The molecule has 1 atom stereocenters. The van der Waals surface area contributed by atoms with Crippen LogP contribution < -0.4 is 4.72 Å². The van der Waals surface area contributed by atoms with Crippen molar-refractivity contribution in [2.45, 2.75) is 11.1 Å². The highest BCUT2D eigenvalue weighted by molar-refractivity contribution is 7.89. The lowest BCUT2D eigenvalue weighted by molar-refractivity contribution is 0.258. The average molecular weight is 320 g/mol. The molecule has 0 spiro atoms. The van der Waals surface area contributed by atoms with E-state index in [1.807, 2.05) is 0 Å². The second kappa shape index (κ2) is 5.88. The molecule has 0 saturated heterocycles. The quantitative estimate of drug-likeness (QED) is 0.772. The molecule has 1 aromatic heterocycles. The van der Waals surface area contributed by atoms with E-state index < -0.39 is 28.5 Å². The number of aliphatic hydroxyl groups excluding tert-OH is 1. The van der Waals surface area contributed by atoms with Crippen molar-refractivity contribution < 1.29 is 17.9 Å². The van der Waals surface area contributed by atoms with Crippen molar-refractivity contribution in [1.29, 1.82) is 0 Å². The molecule has 6 nitrogen and oxygen atoms in total. The second-order valence-electron chi connectivity index (χ2n) is 3.95. The van der Waals surface area contributed by atoms with Gasteiger partial charge in [0.15, 0.2) is 5.03 Å². The number of hydrogen-bond acceptors (Lipinski definition) is 4. The normalized spacial score (nSPS) is 13.3. The van der Waals surface area contributed by atoms with Crippen LogP contribution in [0, 0.1) is 5.82 Å². The van der Waals surface area contributed by atoms with Gasteiger partial charge in [-0.1, -0.05) is 17.7 Å². The number of hydrogen-bond donors (Lipinski definition) is 3. The number of nitrogens with zero attached hydrogens (tertiary/aromatic N) is 1. The maximum absolute atomic E-state index is 13.4. The summed E-state index contributed by atoms with van der Waals surface area (Å²) in [7, 11) is -3.88. The van der Waals surface area contributed by atoms with Crippen LogP contribution in [0.5, 0.6) is 0 Å². The van der Waals surface area contributed by atoms with E-state index in [4.69, 9.17) is 11.6 Å². The first-order valence-corrected chi connectivity index (χ1v) is 7.36. The Labute approximate surface area is 119 Å². The van der Waals surface area contributed by atoms with Crippen LogP contribution in [0.1, 0.15) is 11.6 Å². The van der Waals surface area contributed by atoms with E-state index in [-0.39, 0.29) is 15.6 Å². The smallest absolute Gasteiger partial charge is 0.258 e. The number of aromatic amines is 1. The number of imidazole rings is 1. The van der Waals surface area contributed by atoms with Crippen molar-refractivity contribution in [3.05, 3.63) is 47.1 Å². The summed E-state index contributed by atoms with van der Waals surface area (Å²) in [6, 6.07) is 2.80. The fourth-order valence-corrected chi connectivity index (χ4v) is 2.82. The summed E-state index contributed by atoms with van der Waals surface area (Å²) >= 11 is 5.55. The summed E-state index contributed by atoms with van der Waals surface area (Å²) in [4.78, 5) is 6.05. The van der Waals surface area contributed by atoms with Gasteiger partial charge in [0.2, 0.25) is 0 Å². The lowest BCUT2D eigenvalue weighted by atomic mass is 10.1. The Kier molecular flexibility index (Phi) is 4.39. The van der Waals surface area contributed by atoms with Gasteiger partial charge >= 0.3 is 0 Å².